The van der Waals surface area contributed by atoms with Crippen molar-refractivity contribution in [3.05, 3.63) is 35.4 Å². The lowest BCUT2D eigenvalue weighted by molar-refractivity contribution is 0.102. The van der Waals surface area contributed by atoms with E-state index in [0.29, 0.717) is 11.1 Å². The predicted molar refractivity (Wildman–Crippen MR) is 52.5 cm³/mol. The minimum absolute atomic E-state index is 0.00938. The van der Waals surface area contributed by atoms with E-state index in [4.69, 9.17) is 22.7 Å². The second-order valence-electron chi connectivity index (χ2n) is 2.55. The van der Waals surface area contributed by atoms with Gasteiger partial charge >= 0.3 is 0 Å². The van der Waals surface area contributed by atoms with Gasteiger partial charge in [0.2, 0.25) is 0 Å². The van der Waals surface area contributed by atoms with Crippen LogP contribution in [-0.4, -0.2) is 17.5 Å². The van der Waals surface area contributed by atoms with Crippen LogP contribution in [0.25, 0.3) is 0 Å². The standard InChI is InChI=1S/C9H9ClN2O/c10-5-8(13)6-1-3-7(4-2-6)9(11)12/h1-4H,5H2,(H3,11,12). The van der Waals surface area contributed by atoms with E-state index >= 15 is 0 Å². The molecule has 0 radical (unpaired) electrons. The molecule has 0 saturated heterocycles. The molecule has 4 heteroatoms. The fraction of sp³-hybridized carbons (Fsp3) is 0.111. The van der Waals surface area contributed by atoms with Gasteiger partial charge in [0.05, 0.1) is 5.88 Å². The molecule has 1 aromatic carbocycles. The summed E-state index contributed by atoms with van der Waals surface area (Å²) < 4.78 is 0. The van der Waals surface area contributed by atoms with Gasteiger partial charge in [-0.2, -0.15) is 0 Å². The number of hydrogen-bond donors (Lipinski definition) is 2. The molecule has 0 fully saturated rings. The summed E-state index contributed by atoms with van der Waals surface area (Å²) in [7, 11) is 0. The van der Waals surface area contributed by atoms with Crippen molar-refractivity contribution in [1.29, 1.82) is 5.41 Å². The maximum Gasteiger partial charge on any atom is 0.177 e. The van der Waals surface area contributed by atoms with Gasteiger partial charge in [-0.1, -0.05) is 24.3 Å². The Morgan fingerprint density at radius 1 is 1.31 bits per heavy atom. The number of halogens is 1. The molecule has 0 saturated carbocycles. The number of nitrogens with one attached hydrogen (secondary N) is 1. The van der Waals surface area contributed by atoms with E-state index in [2.05, 4.69) is 0 Å². The molecule has 3 N–H and O–H groups in total. The molecule has 0 atom stereocenters. The maximum atomic E-state index is 11.1. The van der Waals surface area contributed by atoms with Crippen LogP contribution >= 0.6 is 11.6 Å². The van der Waals surface area contributed by atoms with E-state index in [0.717, 1.165) is 0 Å². The first-order valence-electron chi connectivity index (χ1n) is 3.68. The zero-order valence-corrected chi connectivity index (χ0v) is 7.64. The van der Waals surface area contributed by atoms with Crippen LogP contribution in [0.4, 0.5) is 0 Å². The van der Waals surface area contributed by atoms with Crippen LogP contribution in [0.3, 0.4) is 0 Å². The number of nitrogens with two attached hydrogens (primary N) is 1. The first-order chi connectivity index (χ1) is 6.15. The molecule has 0 aliphatic heterocycles. The average molecular weight is 197 g/mol. The van der Waals surface area contributed by atoms with E-state index in [1.165, 1.54) is 0 Å². The molecule has 3 nitrogen and oxygen atoms in total. The van der Waals surface area contributed by atoms with E-state index in [1.54, 1.807) is 24.3 Å². The Balaban J connectivity index is 2.93. The van der Waals surface area contributed by atoms with Gasteiger partial charge in [0.15, 0.2) is 5.78 Å². The number of alkyl halides is 1. The van der Waals surface area contributed by atoms with Crippen LogP contribution in [0, 0.1) is 5.41 Å². The van der Waals surface area contributed by atoms with Crippen LogP contribution in [-0.2, 0) is 0 Å². The van der Waals surface area contributed by atoms with E-state index < -0.39 is 0 Å². The fourth-order valence-electron chi connectivity index (χ4n) is 0.913. The number of amidine groups is 1. The van der Waals surface area contributed by atoms with Gasteiger partial charge in [0.1, 0.15) is 5.84 Å². The molecular formula is C9H9ClN2O. The SMILES string of the molecule is N=C(N)c1ccc(C(=O)CCl)cc1. The van der Waals surface area contributed by atoms with Crippen molar-refractivity contribution in [2.75, 3.05) is 5.88 Å². The minimum Gasteiger partial charge on any atom is -0.384 e. The Morgan fingerprint density at radius 3 is 2.15 bits per heavy atom. The quantitative estimate of drug-likeness (QED) is 0.332. The summed E-state index contributed by atoms with van der Waals surface area (Å²) in [6.07, 6.45) is 0. The third-order valence-corrected chi connectivity index (χ3v) is 1.88. The van der Waals surface area contributed by atoms with Crippen LogP contribution in [0.15, 0.2) is 24.3 Å². The van der Waals surface area contributed by atoms with Crippen molar-refractivity contribution in [3.8, 4) is 0 Å². The third kappa shape index (κ3) is 2.29. The number of rotatable bonds is 3. The van der Waals surface area contributed by atoms with Crippen molar-refractivity contribution in [2.24, 2.45) is 5.73 Å². The highest BCUT2D eigenvalue weighted by Gasteiger charge is 2.03. The highest BCUT2D eigenvalue weighted by Crippen LogP contribution is 2.05. The Hall–Kier alpha value is -1.35. The Morgan fingerprint density at radius 2 is 1.77 bits per heavy atom. The van der Waals surface area contributed by atoms with Crippen LogP contribution in [0.1, 0.15) is 15.9 Å². The molecule has 0 spiro atoms. The van der Waals surface area contributed by atoms with Gasteiger partial charge in [0.25, 0.3) is 0 Å². The van der Waals surface area contributed by atoms with Crippen LogP contribution in [0.5, 0.6) is 0 Å². The zero-order chi connectivity index (χ0) is 9.84. The number of ketones is 1. The molecule has 0 aromatic heterocycles. The highest BCUT2D eigenvalue weighted by molar-refractivity contribution is 6.30. The number of hydrogen-bond acceptors (Lipinski definition) is 2. The van der Waals surface area contributed by atoms with E-state index in [9.17, 15) is 4.79 Å². The van der Waals surface area contributed by atoms with Gasteiger partial charge in [-0.15, -0.1) is 11.6 Å². The predicted octanol–water partition coefficient (Wildman–Crippen LogP) is 1.39. The zero-order valence-electron chi connectivity index (χ0n) is 6.88. The second-order valence-corrected chi connectivity index (χ2v) is 2.82. The topological polar surface area (TPSA) is 66.9 Å². The monoisotopic (exact) mass is 196 g/mol. The lowest BCUT2D eigenvalue weighted by Crippen LogP contribution is -2.11. The fourth-order valence-corrected chi connectivity index (χ4v) is 1.07. The highest BCUT2D eigenvalue weighted by atomic mass is 35.5. The minimum atomic E-state index is -0.128. The average Bonchev–Trinajstić information content (AvgIpc) is 2.17. The van der Waals surface area contributed by atoms with Gasteiger partial charge in [0, 0.05) is 11.1 Å². The number of nitrogen functional groups attached to an aromatic ring is 1. The normalized spacial score (nSPS) is 9.62. The summed E-state index contributed by atoms with van der Waals surface area (Å²) in [6, 6.07) is 6.48. The number of carbonyl (C=O) groups excluding carboxylic acids is 1. The largest absolute Gasteiger partial charge is 0.384 e. The molecule has 0 unspecified atom stereocenters. The summed E-state index contributed by atoms with van der Waals surface area (Å²) in [5, 5.41) is 7.12. The Labute approximate surface area is 81.0 Å². The van der Waals surface area contributed by atoms with Crippen molar-refractivity contribution in [1.82, 2.24) is 0 Å². The number of Topliss-reactive ketones (excluding diaryl/α,β-unsaturated/α-hetero) is 1. The maximum absolute atomic E-state index is 11.1. The molecule has 1 rings (SSSR count). The van der Waals surface area contributed by atoms with Crippen molar-refractivity contribution < 1.29 is 4.79 Å². The third-order valence-electron chi connectivity index (χ3n) is 1.64. The Bertz CT molecular complexity index is 332. The summed E-state index contributed by atoms with van der Waals surface area (Å²) >= 11 is 5.37. The van der Waals surface area contributed by atoms with Crippen LogP contribution in [0.2, 0.25) is 0 Å². The molecule has 13 heavy (non-hydrogen) atoms. The molecule has 0 bridgehead atoms. The lowest BCUT2D eigenvalue weighted by Gasteiger charge is -1.99. The first kappa shape index (κ1) is 9.74. The lowest BCUT2D eigenvalue weighted by atomic mass is 10.1. The summed E-state index contributed by atoms with van der Waals surface area (Å²) in [5.74, 6) is -0.166. The summed E-state index contributed by atoms with van der Waals surface area (Å²) in [6.45, 7) is 0. The number of carbonyl (C=O) groups is 1. The van der Waals surface area contributed by atoms with Gasteiger partial charge < -0.3 is 5.73 Å². The molecule has 0 heterocycles. The van der Waals surface area contributed by atoms with E-state index in [-0.39, 0.29) is 17.5 Å². The summed E-state index contributed by atoms with van der Waals surface area (Å²) in [5.41, 5.74) is 6.39. The summed E-state index contributed by atoms with van der Waals surface area (Å²) in [4.78, 5) is 11.1. The van der Waals surface area contributed by atoms with Crippen molar-refractivity contribution in [2.45, 2.75) is 0 Å². The van der Waals surface area contributed by atoms with E-state index in [1.807, 2.05) is 0 Å². The van der Waals surface area contributed by atoms with Crippen LogP contribution < -0.4 is 5.73 Å². The molecule has 0 aliphatic rings. The molecule has 0 amide bonds. The smallest absolute Gasteiger partial charge is 0.177 e. The molecule has 1 aromatic rings. The van der Waals surface area contributed by atoms with Gasteiger partial charge in [-0.05, 0) is 0 Å². The van der Waals surface area contributed by atoms with Gasteiger partial charge in [-0.25, -0.2) is 0 Å². The van der Waals surface area contributed by atoms with Crippen molar-refractivity contribution in [3.63, 3.8) is 0 Å². The second kappa shape index (κ2) is 4.05. The number of benzene rings is 1. The Kier molecular flexibility index (Phi) is 3.03. The molecular weight excluding hydrogens is 188 g/mol. The van der Waals surface area contributed by atoms with Crippen molar-refractivity contribution >= 4 is 23.2 Å². The molecule has 68 valence electrons. The first-order valence-corrected chi connectivity index (χ1v) is 4.22. The molecule has 0 aliphatic carbocycles. The van der Waals surface area contributed by atoms with Gasteiger partial charge in [-0.3, -0.25) is 10.2 Å².